The van der Waals surface area contributed by atoms with Crippen molar-refractivity contribution in [2.75, 3.05) is 12.4 Å². The number of esters is 1. The number of rotatable bonds is 2. The van der Waals surface area contributed by atoms with Crippen LogP contribution >= 0.6 is 15.9 Å². The third-order valence-electron chi connectivity index (χ3n) is 4.26. The smallest absolute Gasteiger partial charge is 0.451 e. The Kier molecular flexibility index (Phi) is 4.47. The molecule has 1 aromatic carbocycles. The minimum atomic E-state index is -4.86. The van der Waals surface area contributed by atoms with Gasteiger partial charge in [-0.3, -0.25) is 9.36 Å². The molecule has 1 aromatic heterocycles. The number of methoxy groups -OCH3 is 1. The summed E-state index contributed by atoms with van der Waals surface area (Å²) in [6, 6.07) is 5.89. The van der Waals surface area contributed by atoms with Gasteiger partial charge in [0.2, 0.25) is 11.8 Å². The number of halogens is 4. The molecule has 0 saturated heterocycles. The largest absolute Gasteiger partial charge is 0.469 e. The van der Waals surface area contributed by atoms with Crippen molar-refractivity contribution in [2.45, 2.75) is 24.9 Å². The number of carbonyl (C=O) groups is 1. The summed E-state index contributed by atoms with van der Waals surface area (Å²) in [4.78, 5) is 12.4. The number of aromatic nitrogens is 3. The van der Waals surface area contributed by atoms with Crippen LogP contribution in [-0.4, -0.2) is 33.0 Å². The quantitative estimate of drug-likeness (QED) is 0.706. The van der Waals surface area contributed by atoms with Crippen LogP contribution in [-0.2, 0) is 21.4 Å². The molecule has 7 nitrogen and oxygen atoms in total. The van der Waals surface area contributed by atoms with Gasteiger partial charge < -0.3 is 15.2 Å². The van der Waals surface area contributed by atoms with Crippen molar-refractivity contribution in [1.29, 1.82) is 0 Å². The molecule has 0 unspecified atom stereocenters. The minimum absolute atomic E-state index is 0.296. The molecule has 0 aliphatic carbocycles. The lowest BCUT2D eigenvalue weighted by Crippen LogP contribution is -2.52. The van der Waals surface area contributed by atoms with Crippen LogP contribution in [0.5, 0.6) is 0 Å². The molecule has 0 fully saturated rings. The number of aliphatic hydroxyl groups is 1. The van der Waals surface area contributed by atoms with E-state index >= 15 is 0 Å². The van der Waals surface area contributed by atoms with Crippen LogP contribution in [0.1, 0.15) is 24.4 Å². The van der Waals surface area contributed by atoms with Gasteiger partial charge in [-0.15, -0.1) is 10.2 Å². The Hall–Kier alpha value is -2.14. The molecular weight excluding hydrogens is 421 g/mol. The van der Waals surface area contributed by atoms with Crippen LogP contribution in [0.15, 0.2) is 28.7 Å². The van der Waals surface area contributed by atoms with Crippen molar-refractivity contribution in [3.05, 3.63) is 40.1 Å². The van der Waals surface area contributed by atoms with Gasteiger partial charge in [-0.2, -0.15) is 13.2 Å². The van der Waals surface area contributed by atoms with Gasteiger partial charge in [0.25, 0.3) is 0 Å². The first kappa shape index (κ1) is 18.6. The summed E-state index contributed by atoms with van der Waals surface area (Å²) in [6.45, 7) is 1.10. The van der Waals surface area contributed by atoms with Crippen molar-refractivity contribution in [2.24, 2.45) is 5.92 Å². The van der Waals surface area contributed by atoms with E-state index in [1.54, 1.807) is 24.3 Å². The van der Waals surface area contributed by atoms with Crippen molar-refractivity contribution in [3.8, 4) is 0 Å². The maximum atomic E-state index is 13.2. The van der Waals surface area contributed by atoms with Gasteiger partial charge in [0, 0.05) is 4.47 Å². The van der Waals surface area contributed by atoms with E-state index in [0.29, 0.717) is 10.1 Å². The molecule has 2 heterocycles. The summed E-state index contributed by atoms with van der Waals surface area (Å²) in [6.07, 6.45) is -4.86. The van der Waals surface area contributed by atoms with Gasteiger partial charge in [-0.25, -0.2) is 0 Å². The molecule has 2 N–H and O–H groups in total. The molecule has 2 aromatic rings. The normalized spacial score (nSPS) is 25.3. The maximum absolute atomic E-state index is 13.2. The van der Waals surface area contributed by atoms with Crippen molar-refractivity contribution >= 4 is 27.8 Å². The summed E-state index contributed by atoms with van der Waals surface area (Å²) in [5.41, 5.74) is -1.72. The van der Waals surface area contributed by atoms with Crippen molar-refractivity contribution in [1.82, 2.24) is 14.8 Å². The van der Waals surface area contributed by atoms with Crippen LogP contribution < -0.4 is 5.32 Å². The standard InChI is InChI=1S/C15H14BrF3N4O3/c1-14(25)9(11(24)26-2)10(7-3-5-8(16)6-4-7)20-13-22-21-12(23(13)14)15(17,18)19/h3-6,9-10,25H,1-2H3,(H,20,22)/t9-,10+,14+/m0/s1. The fraction of sp³-hybridized carbons (Fsp3) is 0.400. The molecule has 3 atom stereocenters. The van der Waals surface area contributed by atoms with Crippen LogP contribution in [0.4, 0.5) is 19.1 Å². The number of anilines is 1. The monoisotopic (exact) mass is 434 g/mol. The third kappa shape index (κ3) is 2.94. The second-order valence-corrected chi connectivity index (χ2v) is 6.86. The SMILES string of the molecule is COC(=O)[C@@H]1[C@@H](c2ccc(Br)cc2)Nc2nnc(C(F)(F)F)n2[C@]1(C)O. The predicted octanol–water partition coefficient (Wildman–Crippen LogP) is 2.68. The zero-order valence-corrected chi connectivity index (χ0v) is 15.2. The minimum Gasteiger partial charge on any atom is -0.469 e. The van der Waals surface area contributed by atoms with Gasteiger partial charge in [-0.05, 0) is 24.6 Å². The van der Waals surface area contributed by atoms with Gasteiger partial charge in [0.1, 0.15) is 5.92 Å². The van der Waals surface area contributed by atoms with Gasteiger partial charge >= 0.3 is 12.1 Å². The molecule has 0 amide bonds. The zero-order chi connectivity index (χ0) is 19.3. The van der Waals surface area contributed by atoms with E-state index < -0.39 is 35.7 Å². The fourth-order valence-corrected chi connectivity index (χ4v) is 3.36. The summed E-state index contributed by atoms with van der Waals surface area (Å²) in [5.74, 6) is -3.95. The van der Waals surface area contributed by atoms with Crippen LogP contribution in [0.2, 0.25) is 0 Å². The molecule has 0 saturated carbocycles. The molecule has 0 bridgehead atoms. The highest BCUT2D eigenvalue weighted by Gasteiger charge is 2.55. The predicted molar refractivity (Wildman–Crippen MR) is 86.9 cm³/mol. The number of fused-ring (bicyclic) bond motifs is 1. The molecular formula is C15H14BrF3N4O3. The fourth-order valence-electron chi connectivity index (χ4n) is 3.10. The Morgan fingerprint density at radius 3 is 2.50 bits per heavy atom. The van der Waals surface area contributed by atoms with Crippen LogP contribution in [0.3, 0.4) is 0 Å². The summed E-state index contributed by atoms with van der Waals surface area (Å²) < 4.78 is 45.7. The lowest BCUT2D eigenvalue weighted by Gasteiger charge is -2.42. The molecule has 11 heteroatoms. The second kappa shape index (κ2) is 6.23. The first-order valence-electron chi connectivity index (χ1n) is 7.42. The van der Waals surface area contributed by atoms with E-state index in [9.17, 15) is 23.1 Å². The Morgan fingerprint density at radius 1 is 1.35 bits per heavy atom. The number of nitrogens with zero attached hydrogens (tertiary/aromatic N) is 3. The third-order valence-corrected chi connectivity index (χ3v) is 4.79. The van der Waals surface area contributed by atoms with E-state index in [0.717, 1.165) is 18.5 Å². The van der Waals surface area contributed by atoms with Crippen molar-refractivity contribution in [3.63, 3.8) is 0 Å². The molecule has 3 rings (SSSR count). The number of hydrogen-bond acceptors (Lipinski definition) is 6. The molecule has 1 aliphatic heterocycles. The Balaban J connectivity index is 2.18. The molecule has 140 valence electrons. The Bertz CT molecular complexity index is 836. The van der Waals surface area contributed by atoms with Gasteiger partial charge in [0.15, 0.2) is 5.72 Å². The Labute approximate surface area is 154 Å². The molecule has 0 radical (unpaired) electrons. The second-order valence-electron chi connectivity index (χ2n) is 5.95. The maximum Gasteiger partial charge on any atom is 0.451 e. The lowest BCUT2D eigenvalue weighted by atomic mass is 9.83. The highest BCUT2D eigenvalue weighted by Crippen LogP contribution is 2.45. The number of carbonyl (C=O) groups excluding carboxylic acids is 1. The topological polar surface area (TPSA) is 89.3 Å². The van der Waals surface area contributed by atoms with E-state index in [4.69, 9.17) is 4.74 Å². The summed E-state index contributed by atoms with van der Waals surface area (Å²) in [5, 5.41) is 20.3. The number of ether oxygens (including phenoxy) is 1. The zero-order valence-electron chi connectivity index (χ0n) is 13.6. The Morgan fingerprint density at radius 2 is 1.96 bits per heavy atom. The van der Waals surface area contributed by atoms with E-state index in [1.165, 1.54) is 0 Å². The number of alkyl halides is 3. The average Bonchev–Trinajstić information content (AvgIpc) is 2.99. The highest BCUT2D eigenvalue weighted by atomic mass is 79.9. The number of benzene rings is 1. The molecule has 26 heavy (non-hydrogen) atoms. The average molecular weight is 435 g/mol. The molecule has 0 spiro atoms. The highest BCUT2D eigenvalue weighted by molar-refractivity contribution is 9.10. The van der Waals surface area contributed by atoms with E-state index in [-0.39, 0.29) is 5.95 Å². The summed E-state index contributed by atoms with van der Waals surface area (Å²) >= 11 is 3.29. The molecule has 1 aliphatic rings. The first-order chi connectivity index (χ1) is 12.1. The van der Waals surface area contributed by atoms with E-state index in [2.05, 4.69) is 31.4 Å². The van der Waals surface area contributed by atoms with Crippen LogP contribution in [0, 0.1) is 5.92 Å². The number of nitrogens with one attached hydrogen (secondary N) is 1. The summed E-state index contributed by atoms with van der Waals surface area (Å²) in [7, 11) is 1.10. The van der Waals surface area contributed by atoms with Gasteiger partial charge in [-0.1, -0.05) is 28.1 Å². The number of hydrogen-bond donors (Lipinski definition) is 2. The van der Waals surface area contributed by atoms with Gasteiger partial charge in [0.05, 0.1) is 13.2 Å². The first-order valence-corrected chi connectivity index (χ1v) is 8.22. The van der Waals surface area contributed by atoms with E-state index in [1.807, 2.05) is 0 Å². The lowest BCUT2D eigenvalue weighted by molar-refractivity contribution is -0.179. The van der Waals surface area contributed by atoms with Crippen LogP contribution in [0.25, 0.3) is 0 Å². The van der Waals surface area contributed by atoms with Crippen molar-refractivity contribution < 1.29 is 27.8 Å².